The van der Waals surface area contributed by atoms with E-state index in [1.54, 1.807) is 12.4 Å². The van der Waals surface area contributed by atoms with Gasteiger partial charge < -0.3 is 16.0 Å². The molecule has 0 saturated carbocycles. The minimum atomic E-state index is -0.542. The van der Waals surface area contributed by atoms with E-state index in [0.717, 1.165) is 12.2 Å². The highest BCUT2D eigenvalue weighted by Gasteiger charge is 2.28. The highest BCUT2D eigenvalue weighted by Crippen LogP contribution is 2.17. The molecule has 90 valence electrons. The van der Waals surface area contributed by atoms with Crippen LogP contribution in [0.2, 0.25) is 0 Å². The van der Waals surface area contributed by atoms with E-state index in [0.29, 0.717) is 6.54 Å². The molecule has 0 saturated heterocycles. The number of hydrogen-bond acceptors (Lipinski definition) is 3. The maximum atomic E-state index is 11.9. The number of imidazole rings is 1. The molecule has 0 aliphatic heterocycles. The fourth-order valence-electron chi connectivity index (χ4n) is 1.28. The summed E-state index contributed by atoms with van der Waals surface area (Å²) in [6.07, 6.45) is 4.22. The van der Waals surface area contributed by atoms with Crippen LogP contribution in [-0.4, -0.2) is 22.4 Å². The number of nitrogens with two attached hydrogens (primary N) is 1. The molecule has 4 N–H and O–H groups in total. The highest BCUT2D eigenvalue weighted by molar-refractivity contribution is 5.82. The summed E-state index contributed by atoms with van der Waals surface area (Å²) in [5.74, 6) is 0.738. The molecule has 0 aliphatic carbocycles. The number of aromatic nitrogens is 2. The lowest BCUT2D eigenvalue weighted by molar-refractivity contribution is -0.129. The lowest BCUT2D eigenvalue weighted by Crippen LogP contribution is -2.43. The lowest BCUT2D eigenvalue weighted by Gasteiger charge is -2.24. The first-order valence-electron chi connectivity index (χ1n) is 5.51. The van der Waals surface area contributed by atoms with E-state index in [4.69, 9.17) is 5.73 Å². The summed E-state index contributed by atoms with van der Waals surface area (Å²) >= 11 is 0. The fourth-order valence-corrected chi connectivity index (χ4v) is 1.28. The normalized spacial score (nSPS) is 13.5. The van der Waals surface area contributed by atoms with Gasteiger partial charge in [0.25, 0.3) is 0 Å². The Labute approximate surface area is 95.8 Å². The van der Waals surface area contributed by atoms with Gasteiger partial charge in [0, 0.05) is 18.9 Å². The molecule has 0 fully saturated rings. The maximum Gasteiger partial charge on any atom is 0.227 e. The second-order valence-electron chi connectivity index (χ2n) is 4.50. The predicted octanol–water partition coefficient (Wildman–Crippen LogP) is 0.962. The van der Waals surface area contributed by atoms with Gasteiger partial charge in [-0.05, 0) is 20.3 Å². The third kappa shape index (κ3) is 2.82. The Bertz CT molecular complexity index is 332. The van der Waals surface area contributed by atoms with Gasteiger partial charge in [-0.3, -0.25) is 4.79 Å². The zero-order valence-electron chi connectivity index (χ0n) is 10.1. The van der Waals surface area contributed by atoms with E-state index in [1.165, 1.54) is 0 Å². The van der Waals surface area contributed by atoms with Crippen molar-refractivity contribution < 1.29 is 4.79 Å². The number of hydrogen-bond donors (Lipinski definition) is 3. The Kier molecular flexibility index (Phi) is 4.06. The van der Waals surface area contributed by atoms with Crippen LogP contribution in [0, 0.1) is 5.41 Å². The molecule has 0 bridgehead atoms. The molecule has 0 radical (unpaired) electrons. The maximum absolute atomic E-state index is 11.9. The predicted molar refractivity (Wildman–Crippen MR) is 62.6 cm³/mol. The average Bonchev–Trinajstić information content (AvgIpc) is 2.78. The third-order valence-electron chi connectivity index (χ3n) is 2.69. The van der Waals surface area contributed by atoms with Gasteiger partial charge in [0.1, 0.15) is 5.82 Å². The van der Waals surface area contributed by atoms with Gasteiger partial charge in [0.05, 0.1) is 11.5 Å². The smallest absolute Gasteiger partial charge is 0.227 e. The average molecular weight is 224 g/mol. The van der Waals surface area contributed by atoms with Crippen molar-refractivity contribution >= 4 is 5.91 Å². The van der Waals surface area contributed by atoms with Crippen molar-refractivity contribution in [3.05, 3.63) is 18.2 Å². The van der Waals surface area contributed by atoms with Crippen molar-refractivity contribution in [3.8, 4) is 0 Å². The minimum Gasteiger partial charge on any atom is -0.347 e. The van der Waals surface area contributed by atoms with Crippen molar-refractivity contribution in [3.63, 3.8) is 0 Å². The highest BCUT2D eigenvalue weighted by atomic mass is 16.2. The van der Waals surface area contributed by atoms with Crippen molar-refractivity contribution in [2.75, 3.05) is 6.54 Å². The van der Waals surface area contributed by atoms with Crippen molar-refractivity contribution in [1.29, 1.82) is 0 Å². The van der Waals surface area contributed by atoms with Crippen molar-refractivity contribution in [2.45, 2.75) is 33.2 Å². The zero-order valence-corrected chi connectivity index (χ0v) is 10.1. The first kappa shape index (κ1) is 12.7. The quantitative estimate of drug-likeness (QED) is 0.696. The van der Waals surface area contributed by atoms with Crippen LogP contribution in [0.15, 0.2) is 12.4 Å². The Hall–Kier alpha value is -1.36. The number of aromatic amines is 1. The molecule has 0 aromatic carbocycles. The van der Waals surface area contributed by atoms with Gasteiger partial charge in [0.15, 0.2) is 0 Å². The summed E-state index contributed by atoms with van der Waals surface area (Å²) in [6.45, 7) is 5.99. The van der Waals surface area contributed by atoms with Crippen LogP contribution < -0.4 is 11.1 Å². The van der Waals surface area contributed by atoms with Gasteiger partial charge in [-0.25, -0.2) is 4.98 Å². The van der Waals surface area contributed by atoms with E-state index in [9.17, 15) is 4.79 Å². The van der Waals surface area contributed by atoms with E-state index in [1.807, 2.05) is 20.8 Å². The van der Waals surface area contributed by atoms with Crippen LogP contribution in [-0.2, 0) is 4.79 Å². The van der Waals surface area contributed by atoms with Gasteiger partial charge in [0.2, 0.25) is 5.91 Å². The lowest BCUT2D eigenvalue weighted by atomic mass is 9.92. The van der Waals surface area contributed by atoms with Crippen LogP contribution in [0.4, 0.5) is 0 Å². The number of H-pyrrole nitrogens is 1. The summed E-state index contributed by atoms with van der Waals surface area (Å²) in [4.78, 5) is 19.1. The zero-order chi connectivity index (χ0) is 12.2. The van der Waals surface area contributed by atoms with E-state index < -0.39 is 5.41 Å². The number of carbonyl (C=O) groups is 1. The molecular weight excluding hydrogens is 204 g/mol. The van der Waals surface area contributed by atoms with E-state index in [-0.39, 0.29) is 11.9 Å². The molecule has 5 nitrogen and oxygen atoms in total. The molecule has 1 aromatic rings. The van der Waals surface area contributed by atoms with Crippen molar-refractivity contribution in [2.24, 2.45) is 11.1 Å². The van der Waals surface area contributed by atoms with Crippen LogP contribution in [0.1, 0.15) is 39.1 Å². The number of nitrogens with one attached hydrogen (secondary N) is 2. The Morgan fingerprint density at radius 1 is 1.69 bits per heavy atom. The molecule has 1 heterocycles. The summed E-state index contributed by atoms with van der Waals surface area (Å²) in [7, 11) is 0. The number of nitrogens with zero attached hydrogens (tertiary/aromatic N) is 1. The molecule has 1 aromatic heterocycles. The minimum absolute atomic E-state index is 0.0433. The molecule has 5 heteroatoms. The monoisotopic (exact) mass is 224 g/mol. The Morgan fingerprint density at radius 3 is 2.81 bits per heavy atom. The van der Waals surface area contributed by atoms with Crippen LogP contribution in [0.3, 0.4) is 0 Å². The van der Waals surface area contributed by atoms with Gasteiger partial charge in [-0.1, -0.05) is 6.92 Å². The first-order valence-corrected chi connectivity index (χ1v) is 5.51. The molecule has 16 heavy (non-hydrogen) atoms. The SMILES string of the molecule is CCC(NC(=O)C(C)(C)CN)c1ncc[nH]1. The van der Waals surface area contributed by atoms with E-state index in [2.05, 4.69) is 15.3 Å². The van der Waals surface area contributed by atoms with Gasteiger partial charge >= 0.3 is 0 Å². The second-order valence-corrected chi connectivity index (χ2v) is 4.50. The molecule has 1 atom stereocenters. The largest absolute Gasteiger partial charge is 0.347 e. The van der Waals surface area contributed by atoms with Crippen molar-refractivity contribution in [1.82, 2.24) is 15.3 Å². The van der Waals surface area contributed by atoms with Crippen LogP contribution in [0.25, 0.3) is 0 Å². The first-order chi connectivity index (χ1) is 7.51. The number of rotatable bonds is 5. The molecule has 0 spiro atoms. The molecule has 1 amide bonds. The van der Waals surface area contributed by atoms with Gasteiger partial charge in [-0.2, -0.15) is 0 Å². The second kappa shape index (κ2) is 5.12. The Morgan fingerprint density at radius 2 is 2.38 bits per heavy atom. The standard InChI is InChI=1S/C11H20N4O/c1-4-8(9-13-5-6-14-9)15-10(16)11(2,3)7-12/h5-6,8H,4,7,12H2,1-3H3,(H,13,14)(H,15,16). The topological polar surface area (TPSA) is 83.8 Å². The third-order valence-corrected chi connectivity index (χ3v) is 2.69. The molecule has 1 unspecified atom stereocenters. The summed E-state index contributed by atoms with van der Waals surface area (Å²) < 4.78 is 0. The summed E-state index contributed by atoms with van der Waals surface area (Å²) in [5.41, 5.74) is 5.02. The van der Waals surface area contributed by atoms with Crippen LogP contribution in [0.5, 0.6) is 0 Å². The summed E-state index contributed by atoms with van der Waals surface area (Å²) in [6, 6.07) is -0.0756. The molecule has 0 aliphatic rings. The van der Waals surface area contributed by atoms with Gasteiger partial charge in [-0.15, -0.1) is 0 Å². The number of amides is 1. The Balaban J connectivity index is 2.68. The molecule has 1 rings (SSSR count). The van der Waals surface area contributed by atoms with Crippen LogP contribution >= 0.6 is 0 Å². The van der Waals surface area contributed by atoms with E-state index >= 15 is 0 Å². The summed E-state index contributed by atoms with van der Waals surface area (Å²) in [5, 5.41) is 2.95. The number of carbonyl (C=O) groups excluding carboxylic acids is 1. The molecular formula is C11H20N4O. The fraction of sp³-hybridized carbons (Fsp3) is 0.636.